The summed E-state index contributed by atoms with van der Waals surface area (Å²) in [6.07, 6.45) is 5.37. The van der Waals surface area contributed by atoms with Gasteiger partial charge >= 0.3 is 51.4 Å². The van der Waals surface area contributed by atoms with Gasteiger partial charge in [0.1, 0.15) is 0 Å². The minimum atomic E-state index is -1.04. The molecular formula is C12H23KN2O3. The Morgan fingerprint density at radius 1 is 1.33 bits per heavy atom. The molecule has 0 heterocycles. The number of rotatable bonds is 11. The molecule has 0 rings (SSSR count). The van der Waals surface area contributed by atoms with Crippen LogP contribution in [0, 0.1) is 0 Å². The Morgan fingerprint density at radius 3 is 2.61 bits per heavy atom. The third-order valence-electron chi connectivity index (χ3n) is 2.27. The number of hydrogen-bond acceptors (Lipinski definition) is 5. The summed E-state index contributed by atoms with van der Waals surface area (Å²) >= 11 is 0. The maximum absolute atomic E-state index is 10.1. The zero-order chi connectivity index (χ0) is 12.9. The van der Waals surface area contributed by atoms with Crippen LogP contribution in [0.2, 0.25) is 0 Å². The first-order chi connectivity index (χ1) is 8.16. The predicted molar refractivity (Wildman–Crippen MR) is 65.4 cm³/mol. The zero-order valence-corrected chi connectivity index (χ0v) is 14.6. The van der Waals surface area contributed by atoms with Gasteiger partial charge in [-0.25, -0.2) is 0 Å². The number of carboxylic acids is 1. The summed E-state index contributed by atoms with van der Waals surface area (Å²) in [7, 11) is 0. The second-order valence-electron chi connectivity index (χ2n) is 3.88. The summed E-state index contributed by atoms with van der Waals surface area (Å²) in [5, 5.41) is 25.7. The normalized spacial score (nSPS) is 12.3. The van der Waals surface area contributed by atoms with E-state index in [1.165, 1.54) is 0 Å². The van der Waals surface area contributed by atoms with E-state index in [2.05, 4.69) is 10.6 Å². The van der Waals surface area contributed by atoms with Crippen molar-refractivity contribution in [1.82, 2.24) is 10.6 Å². The number of carbonyl (C=O) groups is 1. The van der Waals surface area contributed by atoms with Gasteiger partial charge < -0.3 is 25.6 Å². The molecule has 100 valence electrons. The van der Waals surface area contributed by atoms with Crippen LogP contribution in [0.5, 0.6) is 0 Å². The van der Waals surface area contributed by atoms with Gasteiger partial charge in [-0.2, -0.15) is 0 Å². The van der Waals surface area contributed by atoms with Crippen molar-refractivity contribution in [2.24, 2.45) is 0 Å². The van der Waals surface area contributed by atoms with Crippen LogP contribution in [0.15, 0.2) is 12.2 Å². The molecule has 0 amide bonds. The molecule has 6 heteroatoms. The van der Waals surface area contributed by atoms with E-state index >= 15 is 0 Å². The Kier molecular flexibility index (Phi) is 18.4. The second kappa shape index (κ2) is 15.8. The minimum Gasteiger partial charge on any atom is -0.550 e. The molecule has 0 aliphatic carbocycles. The molecule has 3 N–H and O–H groups in total. The number of nitrogens with one attached hydrogen (secondary N) is 2. The third kappa shape index (κ3) is 16.7. The molecule has 0 aromatic carbocycles. The van der Waals surface area contributed by atoms with Crippen molar-refractivity contribution in [3.05, 3.63) is 12.2 Å². The topological polar surface area (TPSA) is 84.4 Å². The second-order valence-corrected chi connectivity index (χ2v) is 3.88. The van der Waals surface area contributed by atoms with Gasteiger partial charge in [-0.05, 0) is 26.2 Å². The standard InChI is InChI=1S/C12H24N2O3.K/c1-2-3-4-5-11(15)10-14-9-8-13-7-6-12(16)17;/h2-3,11,13-15H,4-10H2,1H3,(H,16,17);/q;+1/p-1/b3-2+;. The summed E-state index contributed by atoms with van der Waals surface area (Å²) in [6, 6.07) is 0. The van der Waals surface area contributed by atoms with Crippen molar-refractivity contribution in [2.75, 3.05) is 26.2 Å². The summed E-state index contributed by atoms with van der Waals surface area (Å²) in [5.74, 6) is -1.04. The number of carboxylic acid groups (broad SMARTS) is 1. The van der Waals surface area contributed by atoms with Crippen LogP contribution < -0.4 is 67.1 Å². The molecule has 0 aliphatic rings. The molecule has 0 saturated heterocycles. The van der Waals surface area contributed by atoms with Crippen LogP contribution in [0.4, 0.5) is 0 Å². The van der Waals surface area contributed by atoms with Crippen LogP contribution in [-0.4, -0.2) is 43.4 Å². The molecule has 0 aromatic rings. The SMILES string of the molecule is C/C=C/CCC(O)CNCCNCCC(=O)[O-].[K+]. The monoisotopic (exact) mass is 282 g/mol. The number of allylic oxidation sites excluding steroid dienone is 2. The molecular weight excluding hydrogens is 259 g/mol. The summed E-state index contributed by atoms with van der Waals surface area (Å²) in [5.41, 5.74) is 0. The first kappa shape index (κ1) is 21.0. The first-order valence-electron chi connectivity index (χ1n) is 6.07. The van der Waals surface area contributed by atoms with E-state index in [1.54, 1.807) is 0 Å². The van der Waals surface area contributed by atoms with Gasteiger partial charge in [0, 0.05) is 32.1 Å². The van der Waals surface area contributed by atoms with Crippen LogP contribution >= 0.6 is 0 Å². The van der Waals surface area contributed by atoms with Gasteiger partial charge in [0.05, 0.1) is 6.10 Å². The van der Waals surface area contributed by atoms with Crippen molar-refractivity contribution in [3.63, 3.8) is 0 Å². The number of hydrogen-bond donors (Lipinski definition) is 3. The molecule has 0 fully saturated rings. The summed E-state index contributed by atoms with van der Waals surface area (Å²) < 4.78 is 0. The van der Waals surface area contributed by atoms with Crippen LogP contribution in [0.1, 0.15) is 26.2 Å². The third-order valence-corrected chi connectivity index (χ3v) is 2.27. The minimum absolute atomic E-state index is 0. The van der Waals surface area contributed by atoms with E-state index in [9.17, 15) is 15.0 Å². The zero-order valence-electron chi connectivity index (χ0n) is 11.4. The van der Waals surface area contributed by atoms with Crippen LogP contribution in [0.25, 0.3) is 0 Å². The van der Waals surface area contributed by atoms with Gasteiger partial charge in [-0.15, -0.1) is 0 Å². The van der Waals surface area contributed by atoms with Crippen molar-refractivity contribution in [2.45, 2.75) is 32.3 Å². The molecule has 1 atom stereocenters. The maximum Gasteiger partial charge on any atom is 1.00 e. The fourth-order valence-corrected chi connectivity index (χ4v) is 1.32. The van der Waals surface area contributed by atoms with Crippen molar-refractivity contribution < 1.29 is 66.4 Å². The largest absolute Gasteiger partial charge is 1.00 e. The van der Waals surface area contributed by atoms with Crippen molar-refractivity contribution in [1.29, 1.82) is 0 Å². The maximum atomic E-state index is 10.1. The molecule has 1 unspecified atom stereocenters. The average Bonchev–Trinajstić information content (AvgIpc) is 2.28. The summed E-state index contributed by atoms with van der Waals surface area (Å²) in [6.45, 7) is 4.36. The fourth-order valence-electron chi connectivity index (χ4n) is 1.32. The number of aliphatic carboxylic acids is 1. The smallest absolute Gasteiger partial charge is 0.550 e. The molecule has 0 spiro atoms. The average molecular weight is 282 g/mol. The predicted octanol–water partition coefficient (Wildman–Crippen LogP) is -3.97. The molecule has 0 aliphatic heterocycles. The van der Waals surface area contributed by atoms with Gasteiger partial charge in [0.15, 0.2) is 0 Å². The van der Waals surface area contributed by atoms with Gasteiger partial charge in [0.2, 0.25) is 0 Å². The quantitative estimate of drug-likeness (QED) is 0.204. The Labute approximate surface area is 152 Å². The van der Waals surface area contributed by atoms with Gasteiger partial charge in [-0.1, -0.05) is 12.2 Å². The molecule has 18 heavy (non-hydrogen) atoms. The van der Waals surface area contributed by atoms with E-state index < -0.39 is 5.97 Å². The van der Waals surface area contributed by atoms with E-state index in [-0.39, 0.29) is 63.9 Å². The van der Waals surface area contributed by atoms with Crippen LogP contribution in [-0.2, 0) is 4.79 Å². The Balaban J connectivity index is 0. The van der Waals surface area contributed by atoms with Crippen LogP contribution in [0.3, 0.4) is 0 Å². The number of aliphatic hydroxyl groups excluding tert-OH is 1. The van der Waals surface area contributed by atoms with E-state index in [4.69, 9.17) is 0 Å². The molecule has 0 aromatic heterocycles. The van der Waals surface area contributed by atoms with Crippen molar-refractivity contribution >= 4 is 5.97 Å². The molecule has 0 saturated carbocycles. The fraction of sp³-hybridized carbons (Fsp3) is 0.750. The summed E-state index contributed by atoms with van der Waals surface area (Å²) in [4.78, 5) is 10.1. The van der Waals surface area contributed by atoms with Gasteiger partial charge in [0.25, 0.3) is 0 Å². The number of carbonyl (C=O) groups excluding carboxylic acids is 1. The van der Waals surface area contributed by atoms with Gasteiger partial charge in [-0.3, -0.25) is 0 Å². The molecule has 0 bridgehead atoms. The van der Waals surface area contributed by atoms with E-state index in [0.717, 1.165) is 12.8 Å². The van der Waals surface area contributed by atoms with Crippen molar-refractivity contribution in [3.8, 4) is 0 Å². The van der Waals surface area contributed by atoms with E-state index in [1.807, 2.05) is 19.1 Å². The Morgan fingerprint density at radius 2 is 2.00 bits per heavy atom. The van der Waals surface area contributed by atoms with E-state index in [0.29, 0.717) is 26.2 Å². The Bertz CT molecular complexity index is 225. The molecule has 0 radical (unpaired) electrons. The molecule has 5 nitrogen and oxygen atoms in total. The first-order valence-corrected chi connectivity index (χ1v) is 6.07. The number of aliphatic hydroxyl groups is 1. The Hall–Kier alpha value is 0.726.